The van der Waals surface area contributed by atoms with Gasteiger partial charge in [0.2, 0.25) is 0 Å². The quantitative estimate of drug-likeness (QED) is 0.528. The monoisotopic (exact) mass is 307 g/mol. The van der Waals surface area contributed by atoms with Crippen molar-refractivity contribution in [1.82, 2.24) is 0 Å². The highest BCUT2D eigenvalue weighted by Gasteiger charge is 2.23. The maximum absolute atomic E-state index is 12.5. The average molecular weight is 307 g/mol. The van der Waals surface area contributed by atoms with Crippen LogP contribution in [0.25, 0.3) is 0 Å². The number of nitrogen functional groups attached to an aromatic ring is 1. The highest BCUT2D eigenvalue weighted by molar-refractivity contribution is 7.92. The Bertz CT molecular complexity index is 775. The summed E-state index contributed by atoms with van der Waals surface area (Å²) in [5.41, 5.74) is 5.50. The Kier molecular flexibility index (Phi) is 3.81. The van der Waals surface area contributed by atoms with Crippen molar-refractivity contribution in [3.8, 4) is 0 Å². The maximum atomic E-state index is 12.5. The predicted molar refractivity (Wildman–Crippen MR) is 79.5 cm³/mol. The summed E-state index contributed by atoms with van der Waals surface area (Å²) in [4.78, 5) is 9.94. The summed E-state index contributed by atoms with van der Waals surface area (Å²) >= 11 is 0. The third-order valence-corrected chi connectivity index (χ3v) is 4.76. The minimum atomic E-state index is -3.83. The van der Waals surface area contributed by atoms with Crippen molar-refractivity contribution in [3.05, 3.63) is 58.6 Å². The number of nitro groups is 1. The van der Waals surface area contributed by atoms with Crippen molar-refractivity contribution in [3.63, 3.8) is 0 Å². The molecule has 0 heterocycles. The number of nitrogens with zero attached hydrogens (tertiary/aromatic N) is 2. The number of anilines is 2. The molecule has 0 aliphatic heterocycles. The Labute approximate surface area is 121 Å². The van der Waals surface area contributed by atoms with Crippen LogP contribution in [0.4, 0.5) is 17.1 Å². The van der Waals surface area contributed by atoms with Crippen LogP contribution in [0.3, 0.4) is 0 Å². The van der Waals surface area contributed by atoms with Gasteiger partial charge in [0.25, 0.3) is 15.7 Å². The number of nitrogens with two attached hydrogens (primary N) is 1. The van der Waals surface area contributed by atoms with Crippen molar-refractivity contribution in [2.24, 2.45) is 0 Å². The molecule has 0 saturated carbocycles. The molecular formula is C13H13N3O4S. The summed E-state index contributed by atoms with van der Waals surface area (Å²) in [6.45, 7) is 0. The lowest BCUT2D eigenvalue weighted by atomic mass is 10.3. The molecule has 0 aliphatic carbocycles. The van der Waals surface area contributed by atoms with Gasteiger partial charge in [-0.05, 0) is 24.3 Å². The first-order chi connectivity index (χ1) is 9.84. The smallest absolute Gasteiger partial charge is 0.292 e. The molecule has 0 aliphatic rings. The first kappa shape index (κ1) is 14.8. The molecule has 0 fully saturated rings. The van der Waals surface area contributed by atoms with Gasteiger partial charge in [0, 0.05) is 13.1 Å². The molecule has 2 aromatic carbocycles. The molecule has 0 saturated heterocycles. The van der Waals surface area contributed by atoms with Gasteiger partial charge in [-0.15, -0.1) is 0 Å². The summed E-state index contributed by atoms with van der Waals surface area (Å²) in [5, 5.41) is 10.7. The van der Waals surface area contributed by atoms with E-state index in [2.05, 4.69) is 0 Å². The molecule has 21 heavy (non-hydrogen) atoms. The van der Waals surface area contributed by atoms with Gasteiger partial charge >= 0.3 is 0 Å². The third kappa shape index (κ3) is 2.79. The van der Waals surface area contributed by atoms with E-state index in [1.807, 2.05) is 0 Å². The van der Waals surface area contributed by atoms with Crippen LogP contribution in [0.1, 0.15) is 0 Å². The number of para-hydroxylation sites is 1. The van der Waals surface area contributed by atoms with Gasteiger partial charge in [0.1, 0.15) is 5.69 Å². The lowest BCUT2D eigenvalue weighted by Crippen LogP contribution is -2.26. The Morgan fingerprint density at radius 3 is 2.29 bits per heavy atom. The largest absolute Gasteiger partial charge is 0.393 e. The third-order valence-electron chi connectivity index (χ3n) is 2.97. The Balaban J connectivity index is 2.45. The van der Waals surface area contributed by atoms with E-state index in [1.54, 1.807) is 30.3 Å². The molecule has 0 aromatic heterocycles. The molecule has 0 radical (unpaired) electrons. The van der Waals surface area contributed by atoms with Gasteiger partial charge in [-0.25, -0.2) is 8.42 Å². The average Bonchev–Trinajstić information content (AvgIpc) is 2.46. The van der Waals surface area contributed by atoms with Crippen LogP contribution in [-0.4, -0.2) is 20.4 Å². The van der Waals surface area contributed by atoms with Crippen LogP contribution in [0.5, 0.6) is 0 Å². The molecule has 7 nitrogen and oxygen atoms in total. The van der Waals surface area contributed by atoms with Crippen LogP contribution < -0.4 is 10.0 Å². The molecule has 110 valence electrons. The zero-order valence-electron chi connectivity index (χ0n) is 11.1. The van der Waals surface area contributed by atoms with Crippen LogP contribution in [0.2, 0.25) is 0 Å². The van der Waals surface area contributed by atoms with Crippen LogP contribution in [0.15, 0.2) is 53.4 Å². The first-order valence-electron chi connectivity index (χ1n) is 5.92. The lowest BCUT2D eigenvalue weighted by Gasteiger charge is -2.19. The molecule has 0 bridgehead atoms. The van der Waals surface area contributed by atoms with E-state index in [0.717, 1.165) is 16.4 Å². The summed E-state index contributed by atoms with van der Waals surface area (Å²) in [7, 11) is -2.42. The number of nitro benzene ring substituents is 1. The Morgan fingerprint density at radius 1 is 1.14 bits per heavy atom. The summed E-state index contributed by atoms with van der Waals surface area (Å²) in [5.74, 6) is 0. The van der Waals surface area contributed by atoms with Crippen molar-refractivity contribution < 1.29 is 13.3 Å². The van der Waals surface area contributed by atoms with Crippen LogP contribution in [-0.2, 0) is 10.0 Å². The van der Waals surface area contributed by atoms with Crippen molar-refractivity contribution in [2.45, 2.75) is 4.90 Å². The summed E-state index contributed by atoms with van der Waals surface area (Å²) in [6.07, 6.45) is 0. The lowest BCUT2D eigenvalue weighted by molar-refractivity contribution is -0.383. The second kappa shape index (κ2) is 5.41. The van der Waals surface area contributed by atoms with Gasteiger partial charge in [0.15, 0.2) is 0 Å². The van der Waals surface area contributed by atoms with Gasteiger partial charge < -0.3 is 5.73 Å². The van der Waals surface area contributed by atoms with Crippen molar-refractivity contribution in [2.75, 3.05) is 17.1 Å². The zero-order valence-corrected chi connectivity index (χ0v) is 11.9. The van der Waals surface area contributed by atoms with Gasteiger partial charge in [-0.2, -0.15) is 0 Å². The van der Waals surface area contributed by atoms with E-state index >= 15 is 0 Å². The van der Waals surface area contributed by atoms with Gasteiger partial charge in [0.05, 0.1) is 15.5 Å². The molecule has 8 heteroatoms. The molecule has 0 amide bonds. The fourth-order valence-corrected chi connectivity index (χ4v) is 3.03. The number of sulfonamides is 1. The van der Waals surface area contributed by atoms with E-state index in [-0.39, 0.29) is 16.3 Å². The van der Waals surface area contributed by atoms with E-state index in [9.17, 15) is 18.5 Å². The zero-order chi connectivity index (χ0) is 15.6. The van der Waals surface area contributed by atoms with Gasteiger partial charge in [-0.3, -0.25) is 14.4 Å². The molecule has 2 rings (SSSR count). The summed E-state index contributed by atoms with van der Waals surface area (Å²) in [6, 6.07) is 11.8. The van der Waals surface area contributed by atoms with E-state index in [0.29, 0.717) is 5.69 Å². The number of benzene rings is 2. The normalized spacial score (nSPS) is 11.1. The fourth-order valence-electron chi connectivity index (χ4n) is 1.79. The predicted octanol–water partition coefficient (Wildman–Crippen LogP) is 2.00. The van der Waals surface area contributed by atoms with Gasteiger partial charge in [-0.1, -0.05) is 18.2 Å². The SMILES string of the molecule is CN(c1ccccc1)S(=O)(=O)c1ccc([N+](=O)[O-])c(N)c1. The number of rotatable bonds is 4. The molecule has 2 N–H and O–H groups in total. The standard InChI is InChI=1S/C13H13N3O4S/c1-15(10-5-3-2-4-6-10)21(19,20)11-7-8-13(16(17)18)12(14)9-11/h2-9H,14H2,1H3. The maximum Gasteiger partial charge on any atom is 0.292 e. The van der Waals surface area contributed by atoms with E-state index < -0.39 is 14.9 Å². The second-order valence-corrected chi connectivity index (χ2v) is 6.26. The molecular weight excluding hydrogens is 294 g/mol. The van der Waals surface area contributed by atoms with Crippen molar-refractivity contribution >= 4 is 27.1 Å². The first-order valence-corrected chi connectivity index (χ1v) is 7.36. The minimum absolute atomic E-state index is 0.100. The number of hydrogen-bond acceptors (Lipinski definition) is 5. The molecule has 0 atom stereocenters. The Hall–Kier alpha value is -2.61. The Morgan fingerprint density at radius 2 is 1.76 bits per heavy atom. The van der Waals surface area contributed by atoms with Crippen LogP contribution >= 0.6 is 0 Å². The van der Waals surface area contributed by atoms with Crippen molar-refractivity contribution in [1.29, 1.82) is 0 Å². The molecule has 2 aromatic rings. The topological polar surface area (TPSA) is 107 Å². The fraction of sp³-hybridized carbons (Fsp3) is 0.0769. The number of hydrogen-bond donors (Lipinski definition) is 1. The second-order valence-electron chi connectivity index (χ2n) is 4.29. The van der Waals surface area contributed by atoms with E-state index in [4.69, 9.17) is 5.73 Å². The summed E-state index contributed by atoms with van der Waals surface area (Å²) < 4.78 is 26.0. The highest BCUT2D eigenvalue weighted by Crippen LogP contribution is 2.27. The molecule has 0 unspecified atom stereocenters. The van der Waals surface area contributed by atoms with Crippen LogP contribution in [0, 0.1) is 10.1 Å². The molecule has 0 spiro atoms. The minimum Gasteiger partial charge on any atom is -0.393 e. The van der Waals surface area contributed by atoms with E-state index in [1.165, 1.54) is 13.1 Å². The highest BCUT2D eigenvalue weighted by atomic mass is 32.2.